The zero-order chi connectivity index (χ0) is 15.5. The summed E-state index contributed by atoms with van der Waals surface area (Å²) in [7, 11) is -7.37. The highest BCUT2D eigenvalue weighted by Crippen LogP contribution is 2.17. The number of primary sulfonamides is 1. The summed E-state index contributed by atoms with van der Waals surface area (Å²) in [6.07, 6.45) is 0. The van der Waals surface area contributed by atoms with Gasteiger partial charge in [-0.3, -0.25) is 4.72 Å². The molecule has 0 aliphatic carbocycles. The number of sulfonamides is 2. The molecule has 0 heterocycles. The van der Waals surface area contributed by atoms with Gasteiger partial charge in [0.05, 0.1) is 10.6 Å². The number of hydrogen-bond donors (Lipinski definition) is 2. The average molecular weight is 326 g/mol. The Balaban J connectivity index is 2.26. The first-order valence-corrected chi connectivity index (χ1v) is 9.13. The number of anilines is 1. The Hall–Kier alpha value is -1.90. The second-order valence-corrected chi connectivity index (χ2v) is 7.72. The van der Waals surface area contributed by atoms with Crippen molar-refractivity contribution < 1.29 is 16.8 Å². The highest BCUT2D eigenvalue weighted by atomic mass is 32.2. The molecule has 2 aromatic carbocycles. The van der Waals surface area contributed by atoms with E-state index in [0.717, 1.165) is 0 Å². The van der Waals surface area contributed by atoms with Crippen LogP contribution < -0.4 is 9.86 Å². The number of hydrogen-bond acceptors (Lipinski definition) is 4. The molecule has 0 saturated heterocycles. The Morgan fingerprint density at radius 3 is 2.19 bits per heavy atom. The zero-order valence-electron chi connectivity index (χ0n) is 10.9. The first kappa shape index (κ1) is 15.5. The van der Waals surface area contributed by atoms with Crippen molar-refractivity contribution in [1.29, 1.82) is 0 Å². The molecular formula is C13H14N2O4S2. The van der Waals surface area contributed by atoms with E-state index in [1.807, 2.05) is 0 Å². The number of rotatable bonds is 5. The fourth-order valence-corrected chi connectivity index (χ4v) is 3.49. The summed E-state index contributed by atoms with van der Waals surface area (Å²) in [5.41, 5.74) is 0.686. The summed E-state index contributed by atoms with van der Waals surface area (Å²) in [6, 6.07) is 14.0. The topological polar surface area (TPSA) is 106 Å². The molecule has 2 aromatic rings. The quantitative estimate of drug-likeness (QED) is 0.863. The monoisotopic (exact) mass is 326 g/mol. The molecule has 0 radical (unpaired) electrons. The van der Waals surface area contributed by atoms with Crippen LogP contribution in [-0.4, -0.2) is 16.8 Å². The maximum absolute atomic E-state index is 12.1. The van der Waals surface area contributed by atoms with Gasteiger partial charge in [-0.1, -0.05) is 30.3 Å². The van der Waals surface area contributed by atoms with Crippen molar-refractivity contribution in [2.24, 2.45) is 5.14 Å². The Labute approximate surface area is 123 Å². The smallest absolute Gasteiger partial charge is 0.261 e. The standard InChI is InChI=1S/C13H14N2O4S2/c14-20(16,17)10-11-5-4-6-12(9-11)15-21(18,19)13-7-2-1-3-8-13/h1-9,15H,10H2,(H2,14,16,17). The average Bonchev–Trinajstić information content (AvgIpc) is 2.37. The van der Waals surface area contributed by atoms with Crippen LogP contribution in [0.1, 0.15) is 5.56 Å². The number of nitrogens with two attached hydrogens (primary N) is 1. The summed E-state index contributed by atoms with van der Waals surface area (Å²) in [4.78, 5) is 0.127. The fraction of sp³-hybridized carbons (Fsp3) is 0.0769. The lowest BCUT2D eigenvalue weighted by molar-refractivity contribution is 0.596. The SMILES string of the molecule is NS(=O)(=O)Cc1cccc(NS(=O)(=O)c2ccccc2)c1. The predicted octanol–water partition coefficient (Wildman–Crippen LogP) is 1.28. The van der Waals surface area contributed by atoms with Crippen LogP contribution in [0.25, 0.3) is 0 Å². The van der Waals surface area contributed by atoms with Crippen LogP contribution >= 0.6 is 0 Å². The van der Waals surface area contributed by atoms with Crippen LogP contribution in [0, 0.1) is 0 Å². The van der Waals surface area contributed by atoms with Crippen molar-refractivity contribution in [2.75, 3.05) is 4.72 Å². The lowest BCUT2D eigenvalue weighted by Crippen LogP contribution is -2.15. The molecule has 8 heteroatoms. The fourth-order valence-electron chi connectivity index (χ4n) is 1.77. The molecule has 0 aliphatic rings. The molecule has 0 bridgehead atoms. The van der Waals surface area contributed by atoms with Gasteiger partial charge >= 0.3 is 0 Å². The van der Waals surface area contributed by atoms with E-state index in [-0.39, 0.29) is 16.3 Å². The van der Waals surface area contributed by atoms with Crippen molar-refractivity contribution in [3.8, 4) is 0 Å². The van der Waals surface area contributed by atoms with Crippen LogP contribution in [0.4, 0.5) is 5.69 Å². The van der Waals surface area contributed by atoms with E-state index in [2.05, 4.69) is 4.72 Å². The summed E-state index contributed by atoms with van der Waals surface area (Å²) in [5, 5.41) is 4.97. The van der Waals surface area contributed by atoms with E-state index in [4.69, 9.17) is 5.14 Å². The minimum atomic E-state index is -3.70. The van der Waals surface area contributed by atoms with Crippen molar-refractivity contribution in [2.45, 2.75) is 10.6 Å². The van der Waals surface area contributed by atoms with Crippen LogP contribution in [0.3, 0.4) is 0 Å². The van der Waals surface area contributed by atoms with Crippen LogP contribution in [0.15, 0.2) is 59.5 Å². The molecule has 0 saturated carbocycles. The Morgan fingerprint density at radius 2 is 1.57 bits per heavy atom. The van der Waals surface area contributed by atoms with Gasteiger partial charge in [-0.2, -0.15) is 0 Å². The lowest BCUT2D eigenvalue weighted by Gasteiger charge is -2.09. The van der Waals surface area contributed by atoms with Crippen molar-refractivity contribution >= 4 is 25.7 Å². The third-order valence-electron chi connectivity index (χ3n) is 2.60. The Bertz CT molecular complexity index is 831. The summed E-state index contributed by atoms with van der Waals surface area (Å²) in [5.74, 6) is -0.353. The van der Waals surface area contributed by atoms with E-state index in [0.29, 0.717) is 5.56 Å². The largest absolute Gasteiger partial charge is 0.280 e. The van der Waals surface area contributed by atoms with Gasteiger partial charge in [-0.05, 0) is 29.8 Å². The van der Waals surface area contributed by atoms with Gasteiger partial charge in [0.15, 0.2) is 0 Å². The number of benzene rings is 2. The Kier molecular flexibility index (Phi) is 4.31. The van der Waals surface area contributed by atoms with Crippen molar-refractivity contribution in [1.82, 2.24) is 0 Å². The summed E-state index contributed by atoms with van der Waals surface area (Å²) >= 11 is 0. The zero-order valence-corrected chi connectivity index (χ0v) is 12.6. The van der Waals surface area contributed by atoms with Gasteiger partial charge in [0, 0.05) is 5.69 Å². The molecule has 21 heavy (non-hydrogen) atoms. The highest BCUT2D eigenvalue weighted by molar-refractivity contribution is 7.92. The van der Waals surface area contributed by atoms with Crippen LogP contribution in [0.2, 0.25) is 0 Å². The molecule has 0 spiro atoms. The molecule has 0 aromatic heterocycles. The molecule has 0 amide bonds. The second-order valence-electron chi connectivity index (χ2n) is 4.43. The molecule has 0 unspecified atom stereocenters. The van der Waals surface area contributed by atoms with Gasteiger partial charge in [0.1, 0.15) is 0 Å². The van der Waals surface area contributed by atoms with E-state index in [9.17, 15) is 16.8 Å². The molecule has 112 valence electrons. The molecule has 0 aliphatic heterocycles. The molecular weight excluding hydrogens is 312 g/mol. The van der Waals surface area contributed by atoms with E-state index >= 15 is 0 Å². The molecule has 6 nitrogen and oxygen atoms in total. The van der Waals surface area contributed by atoms with E-state index < -0.39 is 20.0 Å². The van der Waals surface area contributed by atoms with Crippen LogP contribution in [-0.2, 0) is 25.8 Å². The molecule has 2 rings (SSSR count). The molecule has 3 N–H and O–H groups in total. The van der Waals surface area contributed by atoms with Crippen molar-refractivity contribution in [3.63, 3.8) is 0 Å². The maximum atomic E-state index is 12.1. The van der Waals surface area contributed by atoms with Gasteiger partial charge in [0.2, 0.25) is 10.0 Å². The minimum absolute atomic E-state index is 0.127. The third kappa shape index (κ3) is 4.55. The third-order valence-corrected chi connectivity index (χ3v) is 4.73. The van der Waals surface area contributed by atoms with E-state index in [1.54, 1.807) is 30.3 Å². The first-order chi connectivity index (χ1) is 9.76. The maximum Gasteiger partial charge on any atom is 0.261 e. The summed E-state index contributed by atoms with van der Waals surface area (Å²) in [6.45, 7) is 0. The Morgan fingerprint density at radius 1 is 0.905 bits per heavy atom. The predicted molar refractivity (Wildman–Crippen MR) is 80.5 cm³/mol. The lowest BCUT2D eigenvalue weighted by atomic mass is 10.2. The normalized spacial score (nSPS) is 12.0. The van der Waals surface area contributed by atoms with Gasteiger partial charge in [-0.25, -0.2) is 22.0 Å². The van der Waals surface area contributed by atoms with Gasteiger partial charge < -0.3 is 0 Å². The molecule has 0 atom stereocenters. The van der Waals surface area contributed by atoms with E-state index in [1.165, 1.54) is 24.3 Å². The molecule has 0 fully saturated rings. The van der Waals surface area contributed by atoms with Crippen molar-refractivity contribution in [3.05, 3.63) is 60.2 Å². The first-order valence-electron chi connectivity index (χ1n) is 5.93. The van der Waals surface area contributed by atoms with Gasteiger partial charge in [-0.15, -0.1) is 0 Å². The number of nitrogens with one attached hydrogen (secondary N) is 1. The minimum Gasteiger partial charge on any atom is -0.280 e. The highest BCUT2D eigenvalue weighted by Gasteiger charge is 2.14. The van der Waals surface area contributed by atoms with Gasteiger partial charge in [0.25, 0.3) is 10.0 Å². The summed E-state index contributed by atoms with van der Waals surface area (Å²) < 4.78 is 48.8. The van der Waals surface area contributed by atoms with Crippen LogP contribution in [0.5, 0.6) is 0 Å². The second kappa shape index (κ2) is 5.84.